The second kappa shape index (κ2) is 15.0. The fourth-order valence-corrected chi connectivity index (χ4v) is 11.0. The maximum Gasteiger partial charge on any atom is 0.220 e. The van der Waals surface area contributed by atoms with Gasteiger partial charge in [0.1, 0.15) is 0 Å². The lowest BCUT2D eigenvalue weighted by atomic mass is 9.67. The molecule has 4 nitrogen and oxygen atoms in total. The van der Waals surface area contributed by atoms with E-state index < -0.39 is 5.41 Å². The van der Waals surface area contributed by atoms with Crippen molar-refractivity contribution in [1.29, 1.82) is 0 Å². The Labute approximate surface area is 384 Å². The normalized spacial score (nSPS) is 13.0. The van der Waals surface area contributed by atoms with Gasteiger partial charge in [0.05, 0.1) is 39.2 Å². The number of rotatable bonds is 6. The molecule has 13 rings (SSSR count). The molecule has 9 aromatic carbocycles. The molecule has 11 aromatic rings. The van der Waals surface area contributed by atoms with Gasteiger partial charge >= 0.3 is 0 Å². The van der Waals surface area contributed by atoms with Crippen molar-refractivity contribution in [2.45, 2.75) is 12.3 Å². The summed E-state index contributed by atoms with van der Waals surface area (Å²) in [6.07, 6.45) is 0. The minimum atomic E-state index is -0.512. The molecule has 0 saturated heterocycles. The average molecular weight is 843 g/mol. The van der Waals surface area contributed by atoms with Crippen LogP contribution in [0.15, 0.2) is 237 Å². The van der Waals surface area contributed by atoms with E-state index in [2.05, 4.69) is 253 Å². The van der Waals surface area contributed by atoms with E-state index in [1.807, 2.05) is 0 Å². The van der Waals surface area contributed by atoms with Crippen molar-refractivity contribution in [2.24, 2.45) is 0 Å². The third kappa shape index (κ3) is 5.58. The summed E-state index contributed by atoms with van der Waals surface area (Å²) in [5, 5.41) is 0. The highest BCUT2D eigenvalue weighted by molar-refractivity contribution is 5.98. The maximum atomic E-state index is 5.70. The summed E-state index contributed by atoms with van der Waals surface area (Å²) < 4.78 is 2.30. The van der Waals surface area contributed by atoms with Crippen LogP contribution in [-0.4, -0.2) is 14.5 Å². The first-order valence-corrected chi connectivity index (χ1v) is 22.7. The number of hydrogen-bond acceptors (Lipinski definition) is 3. The second-order valence-electron chi connectivity index (χ2n) is 17.3. The number of fused-ring (bicyclic) bond motifs is 10. The third-order valence-corrected chi connectivity index (χ3v) is 13.8. The van der Waals surface area contributed by atoms with Gasteiger partial charge in [-0.25, -0.2) is 9.97 Å². The fraction of sp³-hybridized carbons (Fsp3) is 0.0323. The average Bonchev–Trinajstić information content (AvgIpc) is 3.88. The lowest BCUT2D eigenvalue weighted by molar-refractivity contribution is 0.768. The van der Waals surface area contributed by atoms with Crippen LogP contribution in [0, 0.1) is 6.92 Å². The molecule has 2 aliphatic rings. The molecule has 2 aromatic heterocycles. The smallest absolute Gasteiger partial charge is 0.220 e. The first-order valence-electron chi connectivity index (χ1n) is 22.7. The Morgan fingerprint density at radius 1 is 0.409 bits per heavy atom. The van der Waals surface area contributed by atoms with Gasteiger partial charge in [-0.3, -0.25) is 9.47 Å². The van der Waals surface area contributed by atoms with E-state index in [4.69, 9.17) is 9.97 Å². The molecule has 3 heterocycles. The van der Waals surface area contributed by atoms with Crippen molar-refractivity contribution in [3.8, 4) is 61.6 Å². The van der Waals surface area contributed by atoms with Gasteiger partial charge in [-0.15, -0.1) is 0 Å². The number of benzene rings is 9. The van der Waals surface area contributed by atoms with Gasteiger partial charge in [0.25, 0.3) is 0 Å². The first-order chi connectivity index (χ1) is 32.7. The summed E-state index contributed by atoms with van der Waals surface area (Å²) in [7, 11) is 0. The number of anilines is 3. The van der Waals surface area contributed by atoms with E-state index in [0.29, 0.717) is 0 Å². The maximum absolute atomic E-state index is 5.70. The van der Waals surface area contributed by atoms with Gasteiger partial charge in [-0.1, -0.05) is 194 Å². The fourth-order valence-electron chi connectivity index (χ4n) is 11.0. The Morgan fingerprint density at radius 2 is 0.970 bits per heavy atom. The van der Waals surface area contributed by atoms with Crippen molar-refractivity contribution in [3.63, 3.8) is 0 Å². The molecule has 0 fully saturated rings. The Hall–Kier alpha value is -8.60. The number of pyridine rings is 1. The minimum absolute atomic E-state index is 0.512. The van der Waals surface area contributed by atoms with Crippen LogP contribution in [0.25, 0.3) is 72.6 Å². The van der Waals surface area contributed by atoms with E-state index in [1.165, 1.54) is 38.9 Å². The Kier molecular flexibility index (Phi) is 8.62. The number of imidazole rings is 1. The van der Waals surface area contributed by atoms with Crippen molar-refractivity contribution < 1.29 is 0 Å². The molecule has 0 bridgehead atoms. The Balaban J connectivity index is 1.01. The summed E-state index contributed by atoms with van der Waals surface area (Å²) in [6, 6.07) is 85.5. The zero-order valence-corrected chi connectivity index (χ0v) is 36.3. The molecule has 0 spiro atoms. The topological polar surface area (TPSA) is 34.0 Å². The van der Waals surface area contributed by atoms with Crippen molar-refractivity contribution in [3.05, 3.63) is 264 Å². The highest BCUT2D eigenvalue weighted by Gasteiger charge is 2.47. The quantitative estimate of drug-likeness (QED) is 0.167. The summed E-state index contributed by atoms with van der Waals surface area (Å²) in [4.78, 5) is 13.3. The summed E-state index contributed by atoms with van der Waals surface area (Å²) in [6.45, 7) is 2.24. The van der Waals surface area contributed by atoms with Crippen molar-refractivity contribution >= 4 is 28.4 Å². The van der Waals surface area contributed by atoms with Gasteiger partial charge < -0.3 is 0 Å². The number of para-hydroxylation sites is 4. The van der Waals surface area contributed by atoms with Gasteiger partial charge in [0.2, 0.25) is 5.95 Å². The monoisotopic (exact) mass is 842 g/mol. The highest BCUT2D eigenvalue weighted by atomic mass is 15.3. The predicted octanol–water partition coefficient (Wildman–Crippen LogP) is 15.5. The zero-order valence-electron chi connectivity index (χ0n) is 36.3. The van der Waals surface area contributed by atoms with Crippen LogP contribution in [0.4, 0.5) is 17.3 Å². The molecular formula is C62H42N4. The van der Waals surface area contributed by atoms with Crippen LogP contribution >= 0.6 is 0 Å². The Morgan fingerprint density at radius 3 is 1.70 bits per heavy atom. The van der Waals surface area contributed by atoms with Crippen LogP contribution in [0.3, 0.4) is 0 Å². The van der Waals surface area contributed by atoms with E-state index in [-0.39, 0.29) is 0 Å². The van der Waals surface area contributed by atoms with Crippen LogP contribution < -0.4 is 4.90 Å². The van der Waals surface area contributed by atoms with Crippen LogP contribution in [0.5, 0.6) is 0 Å². The van der Waals surface area contributed by atoms with E-state index >= 15 is 0 Å². The standard InChI is InChI=1S/C62H42N4/c1-41-51(42-20-5-2-6-21-42)40-55(63-60(41)50-29-19-31-53-59(50)49-28-11-14-30-52(49)62(53,44-22-7-3-8-23-44)45-24-9-4-10-25-45)43-36-38-46(39-37-43)65-56-33-16-12-26-47(56)48-27-13-17-34-57(48)66-58-35-18-15-32-54(58)64-61(65)66/h2-40H,1H3. The predicted molar refractivity (Wildman–Crippen MR) is 271 cm³/mol. The van der Waals surface area contributed by atoms with Gasteiger partial charge in [-0.2, -0.15) is 0 Å². The zero-order chi connectivity index (χ0) is 43.8. The van der Waals surface area contributed by atoms with Crippen molar-refractivity contribution in [2.75, 3.05) is 4.90 Å². The SMILES string of the molecule is Cc1c(-c2ccccc2)cc(-c2ccc(N3c4ccccc4-c4ccccc4-n4c3nc3ccccc34)cc2)nc1-c1cccc2c1-c1ccccc1C2(c1ccccc1)c1ccccc1. The molecule has 0 atom stereocenters. The first kappa shape index (κ1) is 37.9. The molecule has 1 aliphatic carbocycles. The van der Waals surface area contributed by atoms with Gasteiger partial charge in [0.15, 0.2) is 0 Å². The number of hydrogen-bond donors (Lipinski definition) is 0. The lowest BCUT2D eigenvalue weighted by Gasteiger charge is -2.34. The van der Waals surface area contributed by atoms with E-state index in [9.17, 15) is 0 Å². The molecule has 310 valence electrons. The molecule has 0 N–H and O–H groups in total. The highest BCUT2D eigenvalue weighted by Crippen LogP contribution is 2.58. The van der Waals surface area contributed by atoms with Crippen LogP contribution in [-0.2, 0) is 5.41 Å². The summed E-state index contributed by atoms with van der Waals surface area (Å²) in [5.74, 6) is 0.851. The minimum Gasteiger partial charge on any atom is -0.280 e. The molecule has 66 heavy (non-hydrogen) atoms. The molecule has 1 aliphatic heterocycles. The van der Waals surface area contributed by atoms with Crippen LogP contribution in [0.1, 0.15) is 27.8 Å². The second-order valence-corrected chi connectivity index (χ2v) is 17.3. The summed E-state index contributed by atoms with van der Waals surface area (Å²) in [5.41, 5.74) is 22.1. The molecule has 0 saturated carbocycles. The molecule has 0 amide bonds. The molecule has 4 heteroatoms. The van der Waals surface area contributed by atoms with Crippen molar-refractivity contribution in [1.82, 2.24) is 14.5 Å². The van der Waals surface area contributed by atoms with E-state index in [0.717, 1.165) is 78.8 Å². The number of nitrogens with zero attached hydrogens (tertiary/aromatic N) is 4. The Bertz CT molecular complexity index is 3610. The molecule has 0 unspecified atom stereocenters. The summed E-state index contributed by atoms with van der Waals surface area (Å²) >= 11 is 0. The molecular weight excluding hydrogens is 801 g/mol. The van der Waals surface area contributed by atoms with E-state index in [1.54, 1.807) is 0 Å². The number of aromatic nitrogens is 3. The van der Waals surface area contributed by atoms with Crippen LogP contribution in [0.2, 0.25) is 0 Å². The largest absolute Gasteiger partial charge is 0.280 e. The van der Waals surface area contributed by atoms with Gasteiger partial charge in [-0.05, 0) is 99.5 Å². The third-order valence-electron chi connectivity index (χ3n) is 13.8. The lowest BCUT2D eigenvalue weighted by Crippen LogP contribution is -2.28. The van der Waals surface area contributed by atoms with Gasteiger partial charge in [0, 0.05) is 27.9 Å². The molecule has 0 radical (unpaired) electrons.